The zero-order valence-electron chi connectivity index (χ0n) is 18.1. The Kier molecular flexibility index (Phi) is 7.40. The molecule has 1 aliphatic heterocycles. The number of hydrogen-bond donors (Lipinski definition) is 0. The Labute approximate surface area is 199 Å². The molecule has 1 aromatic heterocycles. The third-order valence-electron chi connectivity index (χ3n) is 5.78. The maximum atomic E-state index is 12.6. The van der Waals surface area contributed by atoms with Crippen molar-refractivity contribution in [3.63, 3.8) is 0 Å². The highest BCUT2D eigenvalue weighted by Crippen LogP contribution is 2.25. The summed E-state index contributed by atoms with van der Waals surface area (Å²) in [6.45, 7) is 4.29. The van der Waals surface area contributed by atoms with E-state index in [1.807, 2.05) is 6.07 Å². The highest BCUT2D eigenvalue weighted by molar-refractivity contribution is 6.36. The van der Waals surface area contributed by atoms with E-state index in [9.17, 15) is 4.79 Å². The molecule has 1 saturated heterocycles. The van der Waals surface area contributed by atoms with Crippen molar-refractivity contribution in [1.82, 2.24) is 14.9 Å². The van der Waals surface area contributed by atoms with Crippen LogP contribution in [0.2, 0.25) is 10.0 Å². The Balaban J connectivity index is 1.37. The second-order valence-electron chi connectivity index (χ2n) is 8.23. The summed E-state index contributed by atoms with van der Waals surface area (Å²) in [5.74, 6) is 0.0150. The molecular formula is C25H26Cl2N4O. The number of ketones is 1. The van der Waals surface area contributed by atoms with Crippen LogP contribution in [0.25, 0.3) is 0 Å². The van der Waals surface area contributed by atoms with Gasteiger partial charge < -0.3 is 9.80 Å². The number of hydrogen-bond acceptors (Lipinski definition) is 5. The average molecular weight is 469 g/mol. The van der Waals surface area contributed by atoms with Gasteiger partial charge >= 0.3 is 0 Å². The van der Waals surface area contributed by atoms with Crippen LogP contribution in [-0.2, 0) is 24.1 Å². The minimum Gasteiger partial charge on any atom is -0.369 e. The lowest BCUT2D eigenvalue weighted by Gasteiger charge is -2.34. The van der Waals surface area contributed by atoms with Crippen molar-refractivity contribution >= 4 is 34.7 Å². The van der Waals surface area contributed by atoms with Gasteiger partial charge in [-0.1, -0.05) is 41.4 Å². The Hall–Kier alpha value is -2.47. The van der Waals surface area contributed by atoms with Crippen molar-refractivity contribution in [1.29, 1.82) is 0 Å². The minimum atomic E-state index is 0.0150. The van der Waals surface area contributed by atoms with Crippen molar-refractivity contribution < 1.29 is 4.79 Å². The Morgan fingerprint density at radius 3 is 2.25 bits per heavy atom. The van der Waals surface area contributed by atoms with Gasteiger partial charge in [-0.25, -0.2) is 9.97 Å². The van der Waals surface area contributed by atoms with Crippen LogP contribution in [0.5, 0.6) is 0 Å². The molecule has 0 amide bonds. The molecule has 0 saturated carbocycles. The van der Waals surface area contributed by atoms with Gasteiger partial charge in [-0.05, 0) is 48.5 Å². The molecule has 0 N–H and O–H groups in total. The number of Topliss-reactive ketones (excluding diaryl/α,β-unsaturated/α-hetero) is 1. The molecule has 5 nitrogen and oxygen atoms in total. The molecule has 3 aromatic rings. The van der Waals surface area contributed by atoms with E-state index in [0.29, 0.717) is 27.7 Å². The normalized spacial score (nSPS) is 14.5. The molecule has 0 atom stereocenters. The van der Waals surface area contributed by atoms with Crippen molar-refractivity contribution in [3.05, 3.63) is 87.4 Å². The molecule has 2 heterocycles. The molecule has 0 bridgehead atoms. The van der Waals surface area contributed by atoms with Crippen LogP contribution in [0.3, 0.4) is 0 Å². The fourth-order valence-electron chi connectivity index (χ4n) is 3.90. The van der Waals surface area contributed by atoms with Crippen molar-refractivity contribution in [2.45, 2.75) is 19.3 Å². The maximum Gasteiger partial charge on any atom is 0.143 e. The van der Waals surface area contributed by atoms with Crippen molar-refractivity contribution in [2.24, 2.45) is 0 Å². The standard InChI is InChI=1S/C25H26Cl2N4O/c1-30-9-11-31(12-10-30)21-7-5-18(6-8-21)13-19-14-20(29-17-28-19)15-22(32)16-23-24(26)3-2-4-25(23)27/h2-8,14,17H,9-13,15-16H2,1H3. The molecule has 0 spiro atoms. The third-order valence-corrected chi connectivity index (χ3v) is 6.49. The molecule has 2 aromatic carbocycles. The molecule has 7 heteroatoms. The van der Waals surface area contributed by atoms with E-state index >= 15 is 0 Å². The molecule has 0 aliphatic carbocycles. The van der Waals surface area contributed by atoms with E-state index in [2.05, 4.69) is 51.1 Å². The number of nitrogens with zero attached hydrogens (tertiary/aromatic N) is 4. The first-order chi connectivity index (χ1) is 15.5. The summed E-state index contributed by atoms with van der Waals surface area (Å²) in [5.41, 5.74) is 4.70. The fraction of sp³-hybridized carbons (Fsp3) is 0.320. The van der Waals surface area contributed by atoms with E-state index < -0.39 is 0 Å². The van der Waals surface area contributed by atoms with Gasteiger partial charge in [0.25, 0.3) is 0 Å². The largest absolute Gasteiger partial charge is 0.369 e. The molecule has 0 radical (unpaired) electrons. The van der Waals surface area contributed by atoms with E-state index in [4.69, 9.17) is 23.2 Å². The fourth-order valence-corrected chi connectivity index (χ4v) is 4.43. The van der Waals surface area contributed by atoms with E-state index in [1.54, 1.807) is 18.2 Å². The summed E-state index contributed by atoms with van der Waals surface area (Å²) in [7, 11) is 2.16. The number of anilines is 1. The number of benzene rings is 2. The van der Waals surface area contributed by atoms with Gasteiger partial charge in [0.1, 0.15) is 12.1 Å². The predicted molar refractivity (Wildman–Crippen MR) is 130 cm³/mol. The van der Waals surface area contributed by atoms with Crippen molar-refractivity contribution in [3.8, 4) is 0 Å². The summed E-state index contributed by atoms with van der Waals surface area (Å²) in [4.78, 5) is 26.0. The van der Waals surface area contributed by atoms with Gasteiger partial charge in [-0.3, -0.25) is 4.79 Å². The van der Waals surface area contributed by atoms with Gasteiger partial charge in [0.05, 0.1) is 5.69 Å². The van der Waals surface area contributed by atoms with Crippen LogP contribution < -0.4 is 4.90 Å². The number of carbonyl (C=O) groups is 1. The summed E-state index contributed by atoms with van der Waals surface area (Å²) in [6.07, 6.45) is 2.63. The Morgan fingerprint density at radius 1 is 0.906 bits per heavy atom. The van der Waals surface area contributed by atoms with Gasteiger partial charge in [-0.2, -0.15) is 0 Å². The van der Waals surface area contributed by atoms with Crippen LogP contribution >= 0.6 is 23.2 Å². The molecule has 4 rings (SSSR count). The minimum absolute atomic E-state index is 0.0150. The smallest absolute Gasteiger partial charge is 0.143 e. The SMILES string of the molecule is CN1CCN(c2ccc(Cc3cc(CC(=O)Cc4c(Cl)cccc4Cl)ncn3)cc2)CC1. The lowest BCUT2D eigenvalue weighted by atomic mass is 10.0. The predicted octanol–water partition coefficient (Wildman–Crippen LogP) is 4.48. The van der Waals surface area contributed by atoms with Gasteiger partial charge in [0.2, 0.25) is 0 Å². The van der Waals surface area contributed by atoms with Crippen molar-refractivity contribution in [2.75, 3.05) is 38.1 Å². The zero-order valence-corrected chi connectivity index (χ0v) is 19.6. The van der Waals surface area contributed by atoms with Crippen LogP contribution in [0.4, 0.5) is 5.69 Å². The molecule has 0 unspecified atom stereocenters. The third kappa shape index (κ3) is 5.85. The zero-order chi connectivity index (χ0) is 22.5. The monoisotopic (exact) mass is 468 g/mol. The maximum absolute atomic E-state index is 12.6. The molecule has 166 valence electrons. The number of carbonyl (C=O) groups excluding carboxylic acids is 1. The second kappa shape index (κ2) is 10.4. The first kappa shape index (κ1) is 22.7. The van der Waals surface area contributed by atoms with Crippen LogP contribution in [0, 0.1) is 0 Å². The Morgan fingerprint density at radius 2 is 1.56 bits per heavy atom. The number of piperazine rings is 1. The van der Waals surface area contributed by atoms with Crippen LogP contribution in [0.15, 0.2) is 54.9 Å². The Bertz CT molecular complexity index is 1060. The van der Waals surface area contributed by atoms with E-state index in [0.717, 1.165) is 31.9 Å². The number of halogens is 2. The molecule has 1 aliphatic rings. The summed E-state index contributed by atoms with van der Waals surface area (Å²) in [6, 6.07) is 15.8. The van der Waals surface area contributed by atoms with Gasteiger partial charge in [-0.15, -0.1) is 0 Å². The average Bonchev–Trinajstić information content (AvgIpc) is 2.78. The van der Waals surface area contributed by atoms with Gasteiger partial charge in [0, 0.05) is 66.9 Å². The highest BCUT2D eigenvalue weighted by atomic mass is 35.5. The number of aromatic nitrogens is 2. The first-order valence-corrected chi connectivity index (χ1v) is 11.5. The quantitative estimate of drug-likeness (QED) is 0.511. The molecular weight excluding hydrogens is 443 g/mol. The highest BCUT2D eigenvalue weighted by Gasteiger charge is 2.15. The summed E-state index contributed by atoms with van der Waals surface area (Å²) >= 11 is 12.4. The number of rotatable bonds is 7. The topological polar surface area (TPSA) is 49.3 Å². The first-order valence-electron chi connectivity index (χ1n) is 10.7. The lowest BCUT2D eigenvalue weighted by Crippen LogP contribution is -2.44. The second-order valence-corrected chi connectivity index (χ2v) is 9.04. The number of likely N-dealkylation sites (N-methyl/N-ethyl adjacent to an activating group) is 1. The molecule has 1 fully saturated rings. The summed E-state index contributed by atoms with van der Waals surface area (Å²) in [5, 5.41) is 1.02. The van der Waals surface area contributed by atoms with Gasteiger partial charge in [0.15, 0.2) is 0 Å². The summed E-state index contributed by atoms with van der Waals surface area (Å²) < 4.78 is 0. The van der Waals surface area contributed by atoms with Crippen LogP contribution in [0.1, 0.15) is 22.5 Å². The van der Waals surface area contributed by atoms with E-state index in [-0.39, 0.29) is 18.6 Å². The lowest BCUT2D eigenvalue weighted by molar-refractivity contribution is -0.117. The van der Waals surface area contributed by atoms with E-state index in [1.165, 1.54) is 17.6 Å². The molecule has 32 heavy (non-hydrogen) atoms. The van der Waals surface area contributed by atoms with Crippen LogP contribution in [-0.4, -0.2) is 53.9 Å².